The van der Waals surface area contributed by atoms with Gasteiger partial charge in [0.25, 0.3) is 11.7 Å². The molecule has 1 aromatic carbocycles. The first-order valence-corrected chi connectivity index (χ1v) is 5.74. The number of aromatic amines is 1. The van der Waals surface area contributed by atoms with Crippen molar-refractivity contribution in [2.24, 2.45) is 0 Å². The summed E-state index contributed by atoms with van der Waals surface area (Å²) < 4.78 is 0. The SMILES string of the molecule is O=C(c1nn[nH]n1)N1CCCNc2ccccc21. The quantitative estimate of drug-likeness (QED) is 0.769. The van der Waals surface area contributed by atoms with E-state index >= 15 is 0 Å². The number of fused-ring (bicyclic) bond motifs is 1. The van der Waals surface area contributed by atoms with Gasteiger partial charge in [-0.3, -0.25) is 4.79 Å². The summed E-state index contributed by atoms with van der Waals surface area (Å²) in [5.41, 5.74) is 1.80. The van der Waals surface area contributed by atoms with Gasteiger partial charge in [-0.25, -0.2) is 0 Å². The van der Waals surface area contributed by atoms with Crippen molar-refractivity contribution >= 4 is 17.3 Å². The number of aromatic nitrogens is 4. The summed E-state index contributed by atoms with van der Waals surface area (Å²) >= 11 is 0. The number of nitrogens with one attached hydrogen (secondary N) is 2. The summed E-state index contributed by atoms with van der Waals surface area (Å²) in [4.78, 5) is 14.0. The number of benzene rings is 1. The van der Waals surface area contributed by atoms with Crippen molar-refractivity contribution in [3.8, 4) is 0 Å². The lowest BCUT2D eigenvalue weighted by Gasteiger charge is -2.20. The van der Waals surface area contributed by atoms with Gasteiger partial charge in [0, 0.05) is 13.1 Å². The van der Waals surface area contributed by atoms with Crippen molar-refractivity contribution in [2.45, 2.75) is 6.42 Å². The minimum atomic E-state index is -0.236. The van der Waals surface area contributed by atoms with E-state index in [1.165, 1.54) is 0 Å². The van der Waals surface area contributed by atoms with E-state index in [0.717, 1.165) is 24.3 Å². The molecule has 0 saturated heterocycles. The number of nitrogens with zero attached hydrogens (tertiary/aromatic N) is 4. The van der Waals surface area contributed by atoms with Gasteiger partial charge in [-0.05, 0) is 23.8 Å². The average molecular weight is 244 g/mol. The third-order valence-corrected chi connectivity index (χ3v) is 2.85. The number of anilines is 2. The molecule has 92 valence electrons. The first kappa shape index (κ1) is 10.7. The molecule has 3 rings (SSSR count). The maximum atomic E-state index is 12.3. The summed E-state index contributed by atoms with van der Waals surface area (Å²) in [6.07, 6.45) is 0.873. The average Bonchev–Trinajstić information content (AvgIpc) is 2.85. The third-order valence-electron chi connectivity index (χ3n) is 2.85. The normalized spacial score (nSPS) is 14.6. The molecule has 2 heterocycles. The van der Waals surface area contributed by atoms with E-state index in [-0.39, 0.29) is 11.7 Å². The molecule has 0 unspecified atom stereocenters. The highest BCUT2D eigenvalue weighted by Gasteiger charge is 2.24. The number of hydrogen-bond acceptors (Lipinski definition) is 5. The summed E-state index contributed by atoms with van der Waals surface area (Å²) in [7, 11) is 0. The molecule has 7 heteroatoms. The van der Waals surface area contributed by atoms with Gasteiger partial charge in [0.1, 0.15) is 0 Å². The summed E-state index contributed by atoms with van der Waals surface area (Å²) in [6, 6.07) is 7.71. The summed E-state index contributed by atoms with van der Waals surface area (Å²) in [5, 5.41) is 16.5. The fourth-order valence-electron chi connectivity index (χ4n) is 2.02. The molecule has 0 fully saturated rings. The number of para-hydroxylation sites is 2. The molecule has 2 N–H and O–H groups in total. The predicted molar refractivity (Wildman–Crippen MR) is 65.4 cm³/mol. The molecule has 7 nitrogen and oxygen atoms in total. The Balaban J connectivity index is 1.99. The zero-order valence-electron chi connectivity index (χ0n) is 9.63. The first-order valence-electron chi connectivity index (χ1n) is 5.74. The molecule has 0 spiro atoms. The van der Waals surface area contributed by atoms with E-state index in [9.17, 15) is 4.79 Å². The molecule has 0 aliphatic carbocycles. The Morgan fingerprint density at radius 3 is 3.06 bits per heavy atom. The Morgan fingerprint density at radius 1 is 1.33 bits per heavy atom. The molecule has 0 atom stereocenters. The van der Waals surface area contributed by atoms with Gasteiger partial charge in [-0.1, -0.05) is 12.1 Å². The van der Waals surface area contributed by atoms with Crippen LogP contribution in [0.25, 0.3) is 0 Å². The van der Waals surface area contributed by atoms with E-state index in [0.29, 0.717) is 6.54 Å². The Labute approximate surface area is 103 Å². The fraction of sp³-hybridized carbons (Fsp3) is 0.273. The van der Waals surface area contributed by atoms with E-state index in [1.807, 2.05) is 24.3 Å². The van der Waals surface area contributed by atoms with Crippen LogP contribution in [-0.2, 0) is 0 Å². The van der Waals surface area contributed by atoms with Crippen LogP contribution in [0.2, 0.25) is 0 Å². The summed E-state index contributed by atoms with van der Waals surface area (Å²) in [5.74, 6) is -0.147. The molecule has 0 bridgehead atoms. The smallest absolute Gasteiger partial charge is 0.299 e. The Hall–Kier alpha value is -2.44. The lowest BCUT2D eigenvalue weighted by atomic mass is 10.2. The lowest BCUT2D eigenvalue weighted by Crippen LogP contribution is -2.32. The Morgan fingerprint density at radius 2 is 2.22 bits per heavy atom. The monoisotopic (exact) mass is 244 g/mol. The van der Waals surface area contributed by atoms with E-state index in [2.05, 4.69) is 25.9 Å². The zero-order valence-corrected chi connectivity index (χ0v) is 9.63. The van der Waals surface area contributed by atoms with Gasteiger partial charge in [-0.15, -0.1) is 10.2 Å². The molecule has 1 amide bonds. The molecular formula is C11H12N6O. The minimum absolute atomic E-state index is 0.0895. The highest BCUT2D eigenvalue weighted by molar-refractivity contribution is 6.05. The predicted octanol–water partition coefficient (Wildman–Crippen LogP) is 0.662. The van der Waals surface area contributed by atoms with Crippen molar-refractivity contribution in [3.63, 3.8) is 0 Å². The van der Waals surface area contributed by atoms with Crippen LogP contribution in [-0.4, -0.2) is 39.6 Å². The van der Waals surface area contributed by atoms with Crippen LogP contribution in [0.3, 0.4) is 0 Å². The molecule has 18 heavy (non-hydrogen) atoms. The molecule has 0 radical (unpaired) electrons. The molecule has 1 aliphatic rings. The van der Waals surface area contributed by atoms with E-state index in [1.54, 1.807) is 4.90 Å². The topological polar surface area (TPSA) is 86.8 Å². The molecular weight excluding hydrogens is 232 g/mol. The Bertz CT molecular complexity index is 552. The maximum Gasteiger partial charge on any atom is 0.299 e. The van der Waals surface area contributed by atoms with Crippen molar-refractivity contribution in [2.75, 3.05) is 23.3 Å². The third kappa shape index (κ3) is 1.79. The van der Waals surface area contributed by atoms with Crippen molar-refractivity contribution in [1.29, 1.82) is 0 Å². The number of amides is 1. The van der Waals surface area contributed by atoms with Crippen molar-refractivity contribution in [3.05, 3.63) is 30.1 Å². The van der Waals surface area contributed by atoms with Crippen LogP contribution >= 0.6 is 0 Å². The van der Waals surface area contributed by atoms with Gasteiger partial charge >= 0.3 is 0 Å². The van der Waals surface area contributed by atoms with E-state index in [4.69, 9.17) is 0 Å². The van der Waals surface area contributed by atoms with Gasteiger partial charge in [0.15, 0.2) is 0 Å². The van der Waals surface area contributed by atoms with Crippen LogP contribution in [0.4, 0.5) is 11.4 Å². The van der Waals surface area contributed by atoms with Gasteiger partial charge in [-0.2, -0.15) is 5.21 Å². The molecule has 1 aromatic heterocycles. The highest BCUT2D eigenvalue weighted by atomic mass is 16.2. The lowest BCUT2D eigenvalue weighted by molar-refractivity contribution is 0.0977. The van der Waals surface area contributed by atoms with Gasteiger partial charge in [0.05, 0.1) is 11.4 Å². The van der Waals surface area contributed by atoms with Gasteiger partial charge < -0.3 is 10.2 Å². The minimum Gasteiger partial charge on any atom is -0.383 e. The van der Waals surface area contributed by atoms with Crippen LogP contribution in [0.5, 0.6) is 0 Å². The molecule has 2 aromatic rings. The summed E-state index contributed by atoms with van der Waals surface area (Å²) in [6.45, 7) is 1.48. The Kier molecular flexibility index (Phi) is 2.64. The second kappa shape index (κ2) is 4.44. The number of H-pyrrole nitrogens is 1. The van der Waals surface area contributed by atoms with Crippen molar-refractivity contribution in [1.82, 2.24) is 20.6 Å². The fourth-order valence-corrected chi connectivity index (χ4v) is 2.02. The second-order valence-corrected chi connectivity index (χ2v) is 3.99. The number of hydrogen-bond donors (Lipinski definition) is 2. The van der Waals surface area contributed by atoms with Crippen LogP contribution in [0, 0.1) is 0 Å². The number of tetrazole rings is 1. The number of carbonyl (C=O) groups excluding carboxylic acids is 1. The van der Waals surface area contributed by atoms with Crippen LogP contribution in [0.1, 0.15) is 17.0 Å². The molecule has 0 saturated carbocycles. The van der Waals surface area contributed by atoms with Crippen molar-refractivity contribution < 1.29 is 4.79 Å². The second-order valence-electron chi connectivity index (χ2n) is 3.99. The highest BCUT2D eigenvalue weighted by Crippen LogP contribution is 2.28. The largest absolute Gasteiger partial charge is 0.383 e. The van der Waals surface area contributed by atoms with Crippen LogP contribution in [0.15, 0.2) is 24.3 Å². The zero-order chi connectivity index (χ0) is 12.4. The molecule has 1 aliphatic heterocycles. The standard InChI is InChI=1S/C11H12N6O/c18-11(10-13-15-16-14-10)17-7-3-6-12-8-4-1-2-5-9(8)17/h1-2,4-5,12H,3,6-7H2,(H,13,14,15,16). The van der Waals surface area contributed by atoms with Gasteiger partial charge in [0.2, 0.25) is 0 Å². The maximum absolute atomic E-state index is 12.3. The van der Waals surface area contributed by atoms with E-state index < -0.39 is 0 Å². The number of carbonyl (C=O) groups is 1. The first-order chi connectivity index (χ1) is 8.86. The number of rotatable bonds is 1. The van der Waals surface area contributed by atoms with Crippen LogP contribution < -0.4 is 10.2 Å².